The minimum absolute atomic E-state index is 0.171. The van der Waals surface area contributed by atoms with Crippen LogP contribution < -0.4 is 5.32 Å². The average Bonchev–Trinajstić information content (AvgIpc) is 2.90. The van der Waals surface area contributed by atoms with Gasteiger partial charge in [-0.15, -0.1) is 4.68 Å². The summed E-state index contributed by atoms with van der Waals surface area (Å²) in [5.74, 6) is -0.324. The number of hydrogen-bond acceptors (Lipinski definition) is 8. The summed E-state index contributed by atoms with van der Waals surface area (Å²) in [5, 5.41) is 27.6. The third-order valence-electron chi connectivity index (χ3n) is 3.48. The smallest absolute Gasteiger partial charge is 0.390 e. The minimum Gasteiger partial charge on any atom is -0.390 e. The molecule has 10 nitrogen and oxygen atoms in total. The number of hydrogen-bond donors (Lipinski definition) is 2. The van der Waals surface area contributed by atoms with Gasteiger partial charge in [-0.1, -0.05) is 0 Å². The zero-order valence-electron chi connectivity index (χ0n) is 9.02. The maximum atomic E-state index is 10.7. The Morgan fingerprint density at radius 2 is 2.50 bits per heavy atom. The van der Waals surface area contributed by atoms with Gasteiger partial charge < -0.3 is 30.0 Å². The molecule has 4 heterocycles. The Morgan fingerprint density at radius 1 is 1.67 bits per heavy atom. The molecule has 4 rings (SSSR count). The predicted octanol–water partition coefficient (Wildman–Crippen LogP) is -1.01. The summed E-state index contributed by atoms with van der Waals surface area (Å²) in [4.78, 5) is 13.7. The first-order valence-electron chi connectivity index (χ1n) is 5.45. The molecule has 4 atom stereocenters. The molecule has 0 saturated carbocycles. The van der Waals surface area contributed by atoms with Gasteiger partial charge in [-0.25, -0.2) is 0 Å². The van der Waals surface area contributed by atoms with Crippen LogP contribution in [0.3, 0.4) is 0 Å². The molecule has 3 aliphatic heterocycles. The standard InChI is InChI=1S/C8H9N5O5/c14-8-1-3(4-2-17-5(8)18-4)12-6(10-8)9-7(11-12)13(15)16/h3-5,14H,1-2H2,(H,9,10,11). The van der Waals surface area contributed by atoms with Crippen molar-refractivity contribution < 1.29 is 19.5 Å². The first-order chi connectivity index (χ1) is 8.57. The first kappa shape index (κ1) is 10.2. The normalized spacial score (nSPS) is 40.2. The van der Waals surface area contributed by atoms with Crippen LogP contribution in [-0.2, 0) is 9.47 Å². The highest BCUT2D eigenvalue weighted by atomic mass is 16.7. The lowest BCUT2D eigenvalue weighted by Crippen LogP contribution is -2.58. The average molecular weight is 255 g/mol. The van der Waals surface area contributed by atoms with Crippen molar-refractivity contribution in [3.63, 3.8) is 0 Å². The molecule has 1 aromatic rings. The molecule has 4 bridgehead atoms. The molecule has 2 saturated heterocycles. The van der Waals surface area contributed by atoms with E-state index < -0.39 is 22.9 Å². The molecule has 0 radical (unpaired) electrons. The zero-order valence-corrected chi connectivity index (χ0v) is 9.02. The van der Waals surface area contributed by atoms with Crippen LogP contribution in [0, 0.1) is 10.1 Å². The van der Waals surface area contributed by atoms with Crippen molar-refractivity contribution in [2.45, 2.75) is 30.6 Å². The van der Waals surface area contributed by atoms with Crippen molar-refractivity contribution in [2.24, 2.45) is 0 Å². The Labute approximate surface area is 99.7 Å². The highest BCUT2D eigenvalue weighted by Gasteiger charge is 2.59. The van der Waals surface area contributed by atoms with Crippen molar-refractivity contribution in [2.75, 3.05) is 11.9 Å². The highest BCUT2D eigenvalue weighted by Crippen LogP contribution is 2.45. The molecule has 10 heteroatoms. The van der Waals surface area contributed by atoms with E-state index in [4.69, 9.17) is 9.47 Å². The van der Waals surface area contributed by atoms with E-state index >= 15 is 0 Å². The lowest BCUT2D eigenvalue weighted by molar-refractivity contribution is -0.394. The number of nitrogens with one attached hydrogen (secondary N) is 1. The highest BCUT2D eigenvalue weighted by molar-refractivity contribution is 5.37. The fourth-order valence-electron chi connectivity index (χ4n) is 2.67. The molecule has 2 fully saturated rings. The summed E-state index contributed by atoms with van der Waals surface area (Å²) >= 11 is 0. The molecule has 2 N–H and O–H groups in total. The van der Waals surface area contributed by atoms with Crippen molar-refractivity contribution >= 4 is 11.9 Å². The first-order valence-corrected chi connectivity index (χ1v) is 5.45. The van der Waals surface area contributed by atoms with Gasteiger partial charge in [0.05, 0.1) is 6.61 Å². The van der Waals surface area contributed by atoms with Crippen LogP contribution in [0.1, 0.15) is 12.5 Å². The monoisotopic (exact) mass is 255 g/mol. The van der Waals surface area contributed by atoms with Crippen molar-refractivity contribution in [3.8, 4) is 0 Å². The molecular formula is C8H9N5O5. The summed E-state index contributed by atoms with van der Waals surface area (Å²) in [7, 11) is 0. The van der Waals surface area contributed by atoms with Crippen molar-refractivity contribution in [3.05, 3.63) is 10.1 Å². The van der Waals surface area contributed by atoms with E-state index in [9.17, 15) is 15.2 Å². The number of ether oxygens (including phenoxy) is 2. The van der Waals surface area contributed by atoms with Gasteiger partial charge in [0.1, 0.15) is 12.1 Å². The van der Waals surface area contributed by atoms with E-state index in [-0.39, 0.29) is 18.1 Å². The Hall–Kier alpha value is -1.78. The van der Waals surface area contributed by atoms with E-state index in [2.05, 4.69) is 15.4 Å². The molecule has 0 spiro atoms. The molecule has 0 amide bonds. The third kappa shape index (κ3) is 1.11. The molecular weight excluding hydrogens is 246 g/mol. The van der Waals surface area contributed by atoms with E-state index in [1.807, 2.05) is 0 Å². The fraction of sp³-hybridized carbons (Fsp3) is 0.750. The summed E-state index contributed by atoms with van der Waals surface area (Å²) in [6.45, 7) is 0.326. The van der Waals surface area contributed by atoms with Gasteiger partial charge in [0.2, 0.25) is 6.29 Å². The van der Waals surface area contributed by atoms with Crippen LogP contribution in [0.5, 0.6) is 0 Å². The maximum absolute atomic E-state index is 10.7. The third-order valence-corrected chi connectivity index (χ3v) is 3.48. The number of fused-ring (bicyclic) bond motifs is 8. The summed E-state index contributed by atoms with van der Waals surface area (Å²) < 4.78 is 12.2. The Morgan fingerprint density at radius 3 is 3.28 bits per heavy atom. The lowest BCUT2D eigenvalue weighted by Gasteiger charge is -2.42. The topological polar surface area (TPSA) is 125 Å². The largest absolute Gasteiger partial charge is 0.493 e. The Bertz CT molecular complexity index is 546. The van der Waals surface area contributed by atoms with Crippen LogP contribution in [0.2, 0.25) is 0 Å². The quantitative estimate of drug-likeness (QED) is 0.483. The van der Waals surface area contributed by atoms with Gasteiger partial charge in [0, 0.05) is 11.5 Å². The molecule has 4 unspecified atom stereocenters. The predicted molar refractivity (Wildman–Crippen MR) is 53.5 cm³/mol. The fourth-order valence-corrected chi connectivity index (χ4v) is 2.67. The zero-order chi connectivity index (χ0) is 12.5. The second kappa shape index (κ2) is 2.96. The summed E-state index contributed by atoms with van der Waals surface area (Å²) in [6.07, 6.45) is -0.726. The number of nitrogens with zero attached hydrogens (tertiary/aromatic N) is 4. The van der Waals surface area contributed by atoms with Crippen LogP contribution in [0.4, 0.5) is 11.9 Å². The van der Waals surface area contributed by atoms with Gasteiger partial charge in [0.25, 0.3) is 0 Å². The van der Waals surface area contributed by atoms with E-state index in [1.54, 1.807) is 0 Å². The van der Waals surface area contributed by atoms with Gasteiger partial charge in [-0.05, 0) is 9.91 Å². The molecule has 96 valence electrons. The molecule has 0 aromatic carbocycles. The number of nitro groups is 1. The van der Waals surface area contributed by atoms with Crippen LogP contribution >= 0.6 is 0 Å². The maximum Gasteiger partial charge on any atom is 0.493 e. The lowest BCUT2D eigenvalue weighted by atomic mass is 9.95. The molecule has 0 aliphatic carbocycles. The van der Waals surface area contributed by atoms with Crippen molar-refractivity contribution in [1.82, 2.24) is 14.8 Å². The van der Waals surface area contributed by atoms with Crippen molar-refractivity contribution in [1.29, 1.82) is 0 Å². The van der Waals surface area contributed by atoms with Gasteiger partial charge in [-0.3, -0.25) is 0 Å². The Balaban J connectivity index is 1.84. The molecule has 3 aliphatic rings. The molecule has 18 heavy (non-hydrogen) atoms. The van der Waals surface area contributed by atoms with Gasteiger partial charge >= 0.3 is 11.9 Å². The van der Waals surface area contributed by atoms with Crippen LogP contribution in [0.25, 0.3) is 0 Å². The number of rotatable bonds is 1. The van der Waals surface area contributed by atoms with E-state index in [1.165, 1.54) is 4.68 Å². The molecule has 1 aromatic heterocycles. The van der Waals surface area contributed by atoms with Gasteiger partial charge in [0.15, 0.2) is 5.72 Å². The van der Waals surface area contributed by atoms with E-state index in [0.717, 1.165) is 0 Å². The number of aromatic nitrogens is 3. The second-order valence-electron chi connectivity index (χ2n) is 4.60. The SMILES string of the molecule is O=[N+]([O-])c1nc2n(n1)C1CC(O)(N2)C2OCC1O2. The minimum atomic E-state index is -1.41. The second-order valence-corrected chi connectivity index (χ2v) is 4.60. The summed E-state index contributed by atoms with van der Waals surface area (Å²) in [5.41, 5.74) is -1.41. The summed E-state index contributed by atoms with van der Waals surface area (Å²) in [6, 6.07) is -0.314. The number of anilines is 1. The number of aliphatic hydroxyl groups is 1. The Kier molecular flexibility index (Phi) is 1.68. The van der Waals surface area contributed by atoms with Crippen LogP contribution in [-0.4, -0.2) is 49.5 Å². The van der Waals surface area contributed by atoms with Crippen LogP contribution in [0.15, 0.2) is 0 Å². The van der Waals surface area contributed by atoms with E-state index in [0.29, 0.717) is 13.0 Å². The van der Waals surface area contributed by atoms with Gasteiger partial charge in [-0.2, -0.15) is 0 Å².